The Kier molecular flexibility index (Phi) is 6.50. The molecule has 2 rings (SSSR count). The van der Waals surface area contributed by atoms with E-state index in [-0.39, 0.29) is 0 Å². The lowest BCUT2D eigenvalue weighted by Gasteiger charge is -2.46. The summed E-state index contributed by atoms with van der Waals surface area (Å²) >= 11 is 0. The maximum absolute atomic E-state index is 10.1. The van der Waals surface area contributed by atoms with Crippen molar-refractivity contribution in [1.29, 1.82) is 0 Å². The lowest BCUT2D eigenvalue weighted by molar-refractivity contribution is -0.340. The van der Waals surface area contributed by atoms with Gasteiger partial charge < -0.3 is 55.1 Å². The smallest absolute Gasteiger partial charge is 0.187 e. The standard InChI is InChI=1S/C13H24O11/c1-22-11-8(19)6(17)7(18)9(20)12(11)24-13-10(21)5(16)4(15)3(2-14)23-13/h3-21H,2H2,1H3/t3-,4+,5+,6+,7+,8+,9+,10-,11-,12-,13+/m1/s1. The second kappa shape index (κ2) is 7.85. The van der Waals surface area contributed by atoms with Crippen molar-refractivity contribution in [2.24, 2.45) is 0 Å². The van der Waals surface area contributed by atoms with Crippen LogP contribution in [0.15, 0.2) is 0 Å². The maximum Gasteiger partial charge on any atom is 0.187 e. The molecule has 1 saturated heterocycles. The summed E-state index contributed by atoms with van der Waals surface area (Å²) in [5.74, 6) is 0. The minimum atomic E-state index is -1.75. The van der Waals surface area contributed by atoms with Crippen molar-refractivity contribution in [3.8, 4) is 0 Å². The molecule has 11 nitrogen and oxygen atoms in total. The summed E-state index contributed by atoms with van der Waals surface area (Å²) in [6, 6.07) is 0. The fourth-order valence-electron chi connectivity index (χ4n) is 2.95. The molecule has 142 valence electrons. The molecule has 11 atom stereocenters. The lowest BCUT2D eigenvalue weighted by atomic mass is 9.84. The first-order valence-corrected chi connectivity index (χ1v) is 7.45. The Morgan fingerprint density at radius 3 is 1.71 bits per heavy atom. The van der Waals surface area contributed by atoms with Crippen molar-refractivity contribution in [3.05, 3.63) is 0 Å². The molecule has 1 aliphatic carbocycles. The van der Waals surface area contributed by atoms with Crippen molar-refractivity contribution in [1.82, 2.24) is 0 Å². The summed E-state index contributed by atoms with van der Waals surface area (Å²) in [7, 11) is 1.18. The third-order valence-corrected chi connectivity index (χ3v) is 4.46. The minimum absolute atomic E-state index is 0.671. The van der Waals surface area contributed by atoms with E-state index in [9.17, 15) is 35.7 Å². The molecule has 0 unspecified atom stereocenters. The molecule has 0 amide bonds. The normalized spacial score (nSPS) is 53.1. The molecule has 0 radical (unpaired) electrons. The molecule has 1 saturated carbocycles. The highest BCUT2D eigenvalue weighted by atomic mass is 16.7. The number of aliphatic hydroxyl groups excluding tert-OH is 8. The first-order chi connectivity index (χ1) is 11.2. The van der Waals surface area contributed by atoms with Crippen LogP contribution in [0.5, 0.6) is 0 Å². The summed E-state index contributed by atoms with van der Waals surface area (Å²) in [5, 5.41) is 77.9. The summed E-state index contributed by atoms with van der Waals surface area (Å²) in [5.41, 5.74) is 0. The quantitative estimate of drug-likeness (QED) is 0.240. The van der Waals surface area contributed by atoms with E-state index in [1.165, 1.54) is 7.11 Å². The van der Waals surface area contributed by atoms with Crippen LogP contribution in [0.1, 0.15) is 0 Å². The fraction of sp³-hybridized carbons (Fsp3) is 1.00. The van der Waals surface area contributed by atoms with Crippen LogP contribution >= 0.6 is 0 Å². The third kappa shape index (κ3) is 3.43. The number of ether oxygens (including phenoxy) is 3. The molecular weight excluding hydrogens is 332 g/mol. The molecule has 0 aromatic rings. The van der Waals surface area contributed by atoms with Gasteiger partial charge in [-0.25, -0.2) is 0 Å². The Morgan fingerprint density at radius 2 is 1.21 bits per heavy atom. The van der Waals surface area contributed by atoms with Gasteiger partial charge in [0.1, 0.15) is 61.0 Å². The Morgan fingerprint density at radius 1 is 0.708 bits per heavy atom. The average Bonchev–Trinajstić information content (AvgIpc) is 2.58. The van der Waals surface area contributed by atoms with Gasteiger partial charge in [-0.05, 0) is 0 Å². The van der Waals surface area contributed by atoms with E-state index in [0.717, 1.165) is 0 Å². The highest BCUT2D eigenvalue weighted by Gasteiger charge is 2.53. The Bertz CT molecular complexity index is 407. The number of hydrogen-bond acceptors (Lipinski definition) is 11. The topological polar surface area (TPSA) is 190 Å². The molecular formula is C13H24O11. The van der Waals surface area contributed by atoms with Crippen LogP contribution in [0.4, 0.5) is 0 Å². The molecule has 1 heterocycles. The number of hydrogen-bond donors (Lipinski definition) is 8. The average molecular weight is 356 g/mol. The molecule has 2 aliphatic rings. The van der Waals surface area contributed by atoms with Gasteiger partial charge in [0, 0.05) is 7.11 Å². The highest BCUT2D eigenvalue weighted by molar-refractivity contribution is 5.01. The van der Waals surface area contributed by atoms with E-state index in [2.05, 4.69) is 0 Å². The number of rotatable bonds is 4. The van der Waals surface area contributed by atoms with Crippen LogP contribution in [0.25, 0.3) is 0 Å². The van der Waals surface area contributed by atoms with Crippen LogP contribution in [-0.4, -0.2) is 122 Å². The zero-order valence-electron chi connectivity index (χ0n) is 12.9. The SMILES string of the molecule is CO[C@@H]1[C@@H](O)[C@@H](O)[C@H](O)[C@H](O)[C@H]1O[C@@H]1O[C@H](CO)[C@H](O)[C@H](O)[C@H]1O. The predicted molar refractivity (Wildman–Crippen MR) is 73.5 cm³/mol. The van der Waals surface area contributed by atoms with Gasteiger partial charge in [0.2, 0.25) is 0 Å². The second-order valence-corrected chi connectivity index (χ2v) is 5.96. The predicted octanol–water partition coefficient (Wildman–Crippen LogP) is -5.36. The zero-order chi connectivity index (χ0) is 18.2. The molecule has 1 aliphatic heterocycles. The van der Waals surface area contributed by atoms with Crippen molar-refractivity contribution < 1.29 is 55.1 Å². The van der Waals surface area contributed by atoms with Gasteiger partial charge >= 0.3 is 0 Å². The summed E-state index contributed by atoms with van der Waals surface area (Å²) in [6.45, 7) is -0.671. The summed E-state index contributed by atoms with van der Waals surface area (Å²) in [4.78, 5) is 0. The summed E-state index contributed by atoms with van der Waals surface area (Å²) < 4.78 is 15.5. The third-order valence-electron chi connectivity index (χ3n) is 4.46. The van der Waals surface area contributed by atoms with Crippen molar-refractivity contribution in [2.45, 2.75) is 67.3 Å². The van der Waals surface area contributed by atoms with E-state index in [1.54, 1.807) is 0 Å². The molecule has 2 fully saturated rings. The molecule has 0 spiro atoms. The van der Waals surface area contributed by atoms with E-state index < -0.39 is 73.9 Å². The van der Waals surface area contributed by atoms with Crippen molar-refractivity contribution >= 4 is 0 Å². The lowest BCUT2D eigenvalue weighted by Crippen LogP contribution is -2.67. The van der Waals surface area contributed by atoms with Gasteiger partial charge in [-0.1, -0.05) is 0 Å². The number of methoxy groups -OCH3 is 1. The van der Waals surface area contributed by atoms with Crippen LogP contribution in [-0.2, 0) is 14.2 Å². The molecule has 0 bridgehead atoms. The Hall–Kier alpha value is -0.440. The van der Waals surface area contributed by atoms with Gasteiger partial charge in [0.05, 0.1) is 6.61 Å². The molecule has 0 aromatic carbocycles. The van der Waals surface area contributed by atoms with E-state index in [4.69, 9.17) is 19.3 Å². The van der Waals surface area contributed by atoms with Crippen LogP contribution in [0, 0.1) is 0 Å². The largest absolute Gasteiger partial charge is 0.394 e. The molecule has 11 heteroatoms. The fourth-order valence-corrected chi connectivity index (χ4v) is 2.95. The molecule has 24 heavy (non-hydrogen) atoms. The van der Waals surface area contributed by atoms with Gasteiger partial charge in [-0.15, -0.1) is 0 Å². The Balaban J connectivity index is 2.17. The van der Waals surface area contributed by atoms with Gasteiger partial charge in [0.25, 0.3) is 0 Å². The second-order valence-electron chi connectivity index (χ2n) is 5.96. The zero-order valence-corrected chi connectivity index (χ0v) is 12.9. The molecule has 0 aromatic heterocycles. The first-order valence-electron chi connectivity index (χ1n) is 7.45. The maximum atomic E-state index is 10.1. The van der Waals surface area contributed by atoms with Crippen LogP contribution in [0.2, 0.25) is 0 Å². The van der Waals surface area contributed by atoms with Crippen molar-refractivity contribution in [2.75, 3.05) is 13.7 Å². The highest BCUT2D eigenvalue weighted by Crippen LogP contribution is 2.30. The van der Waals surface area contributed by atoms with E-state index >= 15 is 0 Å². The number of aliphatic hydroxyl groups is 8. The van der Waals surface area contributed by atoms with Gasteiger partial charge in [-0.2, -0.15) is 0 Å². The Labute approximate surface area is 137 Å². The first kappa shape index (κ1) is 19.9. The van der Waals surface area contributed by atoms with Crippen molar-refractivity contribution in [3.63, 3.8) is 0 Å². The van der Waals surface area contributed by atoms with Crippen LogP contribution < -0.4 is 0 Å². The van der Waals surface area contributed by atoms with Gasteiger partial charge in [-0.3, -0.25) is 0 Å². The summed E-state index contributed by atoms with van der Waals surface area (Å²) in [6.07, 6.45) is -17.2. The molecule has 8 N–H and O–H groups in total. The van der Waals surface area contributed by atoms with E-state index in [0.29, 0.717) is 0 Å². The van der Waals surface area contributed by atoms with Crippen LogP contribution in [0.3, 0.4) is 0 Å². The van der Waals surface area contributed by atoms with Gasteiger partial charge in [0.15, 0.2) is 6.29 Å². The monoisotopic (exact) mass is 356 g/mol. The minimum Gasteiger partial charge on any atom is -0.394 e. The van der Waals surface area contributed by atoms with E-state index in [1.807, 2.05) is 0 Å².